The predicted molar refractivity (Wildman–Crippen MR) is 148 cm³/mol. The second-order valence-electron chi connectivity index (χ2n) is 13.0. The average Bonchev–Trinajstić information content (AvgIpc) is 2.82. The van der Waals surface area contributed by atoms with E-state index < -0.39 is 41.6 Å². The van der Waals surface area contributed by atoms with Crippen molar-refractivity contribution in [2.45, 2.75) is 98.0 Å². The maximum Gasteiger partial charge on any atom is 0.323 e. The predicted octanol–water partition coefficient (Wildman–Crippen LogP) is 1.57. The van der Waals surface area contributed by atoms with Crippen molar-refractivity contribution in [2.24, 2.45) is 0 Å². The lowest BCUT2D eigenvalue weighted by molar-refractivity contribution is -0.163. The van der Waals surface area contributed by atoms with Gasteiger partial charge in [-0.05, 0) is 68.7 Å². The Bertz CT molecular complexity index is 801. The van der Waals surface area contributed by atoms with Crippen LogP contribution in [0.3, 0.4) is 0 Å². The first-order valence-electron chi connectivity index (χ1n) is 13.9. The van der Waals surface area contributed by atoms with Crippen LogP contribution in [0, 0.1) is 0 Å². The van der Waals surface area contributed by atoms with Crippen molar-refractivity contribution in [1.82, 2.24) is 14.7 Å². The van der Waals surface area contributed by atoms with Gasteiger partial charge in [-0.1, -0.05) is 0 Å². The molecule has 232 valence electrons. The maximum absolute atomic E-state index is 13.3. The Balaban J connectivity index is 3.21. The number of nitrogens with zero attached hydrogens (tertiary/aromatic N) is 3. The highest BCUT2D eigenvalue weighted by atomic mass is 16.6. The van der Waals surface area contributed by atoms with Crippen LogP contribution in [0.4, 0.5) is 0 Å². The number of ether oxygens (including phenoxy) is 4. The molecule has 0 spiro atoms. The van der Waals surface area contributed by atoms with Crippen molar-refractivity contribution in [1.29, 1.82) is 0 Å². The largest absolute Gasteiger partial charge is 0.459 e. The van der Waals surface area contributed by atoms with Crippen molar-refractivity contribution in [3.05, 3.63) is 0 Å². The fourth-order valence-electron chi connectivity index (χ4n) is 4.12. The number of esters is 4. The molecule has 40 heavy (non-hydrogen) atoms. The Morgan fingerprint density at radius 1 is 0.650 bits per heavy atom. The van der Waals surface area contributed by atoms with E-state index >= 15 is 0 Å². The summed E-state index contributed by atoms with van der Waals surface area (Å²) in [5.74, 6) is -1.85. The molecule has 12 nitrogen and oxygen atoms in total. The van der Waals surface area contributed by atoms with Crippen LogP contribution in [0.5, 0.6) is 0 Å². The minimum atomic E-state index is -0.782. The molecule has 0 radical (unpaired) electrons. The second kappa shape index (κ2) is 15.6. The third-order valence-corrected chi connectivity index (χ3v) is 5.65. The van der Waals surface area contributed by atoms with E-state index in [-0.39, 0.29) is 37.9 Å². The lowest BCUT2D eigenvalue weighted by atomic mass is 10.1. The van der Waals surface area contributed by atoms with Gasteiger partial charge in [-0.3, -0.25) is 33.9 Å². The lowest BCUT2D eigenvalue weighted by Gasteiger charge is -2.33. The number of hydrogen-bond donors (Lipinski definition) is 1. The SMILES string of the molecule is CC(C)(C)OC(=O)CN1CCN(CC(=O)OC(C)(C)C)CCN([C@H](CCC(=O)OCO)C(=O)OC(C)(C)C)CC1. The molecule has 1 rings (SSSR count). The van der Waals surface area contributed by atoms with Gasteiger partial charge in [0.25, 0.3) is 0 Å². The molecule has 1 saturated heterocycles. The van der Waals surface area contributed by atoms with Gasteiger partial charge in [-0.2, -0.15) is 0 Å². The molecule has 0 bridgehead atoms. The molecule has 0 aliphatic carbocycles. The van der Waals surface area contributed by atoms with Crippen molar-refractivity contribution in [3.63, 3.8) is 0 Å². The first-order valence-corrected chi connectivity index (χ1v) is 13.9. The highest BCUT2D eigenvalue weighted by Gasteiger charge is 2.33. The quantitative estimate of drug-likeness (QED) is 0.231. The lowest BCUT2D eigenvalue weighted by Crippen LogP contribution is -2.49. The molecule has 1 aliphatic rings. The van der Waals surface area contributed by atoms with E-state index in [1.54, 1.807) is 62.3 Å². The Morgan fingerprint density at radius 3 is 1.43 bits per heavy atom. The Kier molecular flexibility index (Phi) is 14.0. The fraction of sp³-hybridized carbons (Fsp3) is 0.857. The van der Waals surface area contributed by atoms with Crippen LogP contribution < -0.4 is 0 Å². The molecule has 0 saturated carbocycles. The van der Waals surface area contributed by atoms with Gasteiger partial charge in [0.05, 0.1) is 13.1 Å². The minimum absolute atomic E-state index is 0.0469. The summed E-state index contributed by atoms with van der Waals surface area (Å²) in [5.41, 5.74) is -2.00. The third-order valence-electron chi connectivity index (χ3n) is 5.65. The zero-order valence-corrected chi connectivity index (χ0v) is 25.9. The monoisotopic (exact) mass is 573 g/mol. The van der Waals surface area contributed by atoms with E-state index in [0.29, 0.717) is 39.3 Å². The van der Waals surface area contributed by atoms with Crippen LogP contribution in [0.15, 0.2) is 0 Å². The molecule has 0 amide bonds. The Morgan fingerprint density at radius 2 is 1.05 bits per heavy atom. The van der Waals surface area contributed by atoms with Gasteiger partial charge in [0.1, 0.15) is 22.8 Å². The second-order valence-corrected chi connectivity index (χ2v) is 13.0. The van der Waals surface area contributed by atoms with Gasteiger partial charge in [-0.25, -0.2) is 0 Å². The maximum atomic E-state index is 13.3. The summed E-state index contributed by atoms with van der Waals surface area (Å²) in [6.45, 7) is 18.2. The molecule has 1 heterocycles. The van der Waals surface area contributed by atoms with Gasteiger partial charge in [-0.15, -0.1) is 0 Å². The summed E-state index contributed by atoms with van der Waals surface area (Å²) in [6.07, 6.45) is 0.0239. The molecule has 1 N–H and O–H groups in total. The Labute approximate surface area is 239 Å². The summed E-state index contributed by atoms with van der Waals surface area (Å²) in [4.78, 5) is 56.4. The molecule has 0 aromatic heterocycles. The van der Waals surface area contributed by atoms with Gasteiger partial charge >= 0.3 is 23.9 Å². The molecule has 0 unspecified atom stereocenters. The normalized spacial score (nSPS) is 17.6. The van der Waals surface area contributed by atoms with Crippen LogP contribution in [0.1, 0.15) is 75.2 Å². The van der Waals surface area contributed by atoms with Crippen LogP contribution in [-0.2, 0) is 38.1 Å². The summed E-state index contributed by atoms with van der Waals surface area (Å²) < 4.78 is 21.4. The van der Waals surface area contributed by atoms with Crippen molar-refractivity contribution < 1.29 is 43.2 Å². The summed E-state index contributed by atoms with van der Waals surface area (Å²) >= 11 is 0. The number of aliphatic hydroxyl groups is 1. The summed E-state index contributed by atoms with van der Waals surface area (Å²) in [6, 6.07) is -0.782. The van der Waals surface area contributed by atoms with E-state index in [0.717, 1.165) is 0 Å². The molecule has 0 aromatic carbocycles. The summed E-state index contributed by atoms with van der Waals surface area (Å²) in [7, 11) is 0. The smallest absolute Gasteiger partial charge is 0.323 e. The van der Waals surface area contributed by atoms with Crippen LogP contribution >= 0.6 is 0 Å². The first kappa shape index (κ1) is 35.7. The number of aliphatic hydroxyl groups excluding tert-OH is 1. The van der Waals surface area contributed by atoms with Gasteiger partial charge in [0, 0.05) is 45.7 Å². The van der Waals surface area contributed by atoms with Crippen LogP contribution in [-0.4, -0.2) is 126 Å². The number of carbonyl (C=O) groups excluding carboxylic acids is 4. The highest BCUT2D eigenvalue weighted by molar-refractivity contribution is 5.78. The summed E-state index contributed by atoms with van der Waals surface area (Å²) in [5, 5.41) is 8.92. The van der Waals surface area contributed by atoms with Gasteiger partial charge < -0.3 is 24.1 Å². The molecule has 12 heteroatoms. The van der Waals surface area contributed by atoms with Crippen molar-refractivity contribution >= 4 is 23.9 Å². The van der Waals surface area contributed by atoms with Crippen LogP contribution in [0.25, 0.3) is 0 Å². The van der Waals surface area contributed by atoms with Crippen molar-refractivity contribution in [3.8, 4) is 0 Å². The highest BCUT2D eigenvalue weighted by Crippen LogP contribution is 2.17. The zero-order valence-electron chi connectivity index (χ0n) is 25.9. The molecular weight excluding hydrogens is 522 g/mol. The molecule has 1 fully saturated rings. The number of rotatable bonds is 10. The standard InChI is InChI=1S/C28H51N3O9/c1-26(2,3)38-23(34)18-29-12-13-30(19-24(35)39-27(4,5)6)15-17-31(16-14-29)21(10-11-22(33)37-20-32)25(36)40-28(7,8)9/h21,32H,10-20H2,1-9H3/t21-/m1/s1. The van der Waals surface area contributed by atoms with E-state index in [1.807, 2.05) is 14.7 Å². The first-order chi connectivity index (χ1) is 18.3. The molecule has 0 aromatic rings. The average molecular weight is 574 g/mol. The number of carbonyl (C=O) groups is 4. The Hall–Kier alpha value is -2.28. The van der Waals surface area contributed by atoms with Crippen LogP contribution in [0.2, 0.25) is 0 Å². The van der Waals surface area contributed by atoms with E-state index in [2.05, 4.69) is 4.74 Å². The topological polar surface area (TPSA) is 135 Å². The van der Waals surface area contributed by atoms with E-state index in [4.69, 9.17) is 19.3 Å². The van der Waals surface area contributed by atoms with Gasteiger partial charge in [0.2, 0.25) is 0 Å². The molecular formula is C28H51N3O9. The van der Waals surface area contributed by atoms with E-state index in [9.17, 15) is 19.2 Å². The van der Waals surface area contributed by atoms with Crippen molar-refractivity contribution in [2.75, 3.05) is 59.2 Å². The number of hydrogen-bond acceptors (Lipinski definition) is 12. The molecule has 1 aliphatic heterocycles. The van der Waals surface area contributed by atoms with Gasteiger partial charge in [0.15, 0.2) is 6.79 Å². The third kappa shape index (κ3) is 16.1. The minimum Gasteiger partial charge on any atom is -0.459 e. The fourth-order valence-corrected chi connectivity index (χ4v) is 4.12. The molecule has 1 atom stereocenters. The zero-order chi connectivity index (χ0) is 30.7. The van der Waals surface area contributed by atoms with E-state index in [1.165, 1.54) is 0 Å².